The van der Waals surface area contributed by atoms with Crippen molar-refractivity contribution >= 4 is 5.82 Å². The number of nitrogens with two attached hydrogens (primary N) is 1. The van der Waals surface area contributed by atoms with E-state index in [1.165, 1.54) is 12.8 Å². The summed E-state index contributed by atoms with van der Waals surface area (Å²) in [6, 6.07) is 0.595. The Bertz CT molecular complexity index is 547. The monoisotopic (exact) mass is 245 g/mol. The highest BCUT2D eigenvalue weighted by molar-refractivity contribution is 5.67. The van der Waals surface area contributed by atoms with Crippen LogP contribution < -0.4 is 5.73 Å². The summed E-state index contributed by atoms with van der Waals surface area (Å²) in [6.07, 6.45) is 8.03. The predicted molar refractivity (Wildman–Crippen MR) is 71.0 cm³/mol. The summed E-state index contributed by atoms with van der Waals surface area (Å²) in [5.74, 6) is 1.30. The topological polar surface area (TPSA) is 61.7 Å². The first-order valence-corrected chi connectivity index (χ1v) is 6.49. The molecule has 5 nitrogen and oxygen atoms in total. The Labute approximate surface area is 107 Å². The maximum atomic E-state index is 6.19. The molecule has 96 valence electrons. The molecule has 18 heavy (non-hydrogen) atoms. The average Bonchev–Trinajstić information content (AvgIpc) is 2.96. The van der Waals surface area contributed by atoms with Crippen LogP contribution in [0, 0.1) is 5.92 Å². The van der Waals surface area contributed by atoms with E-state index in [0.717, 1.165) is 23.8 Å². The first-order chi connectivity index (χ1) is 8.66. The quantitative estimate of drug-likeness (QED) is 0.899. The van der Waals surface area contributed by atoms with Crippen molar-refractivity contribution in [1.29, 1.82) is 0 Å². The molecular weight excluding hydrogens is 226 g/mol. The molecule has 2 heterocycles. The molecule has 1 saturated carbocycles. The Morgan fingerprint density at radius 3 is 2.83 bits per heavy atom. The van der Waals surface area contributed by atoms with Gasteiger partial charge in [0.2, 0.25) is 0 Å². The Balaban J connectivity index is 1.96. The lowest BCUT2D eigenvalue weighted by Gasteiger charge is -2.09. The minimum Gasteiger partial charge on any atom is -0.383 e. The van der Waals surface area contributed by atoms with Gasteiger partial charge in [-0.2, -0.15) is 0 Å². The largest absolute Gasteiger partial charge is 0.383 e. The normalized spacial score (nSPS) is 15.5. The number of nitrogens with zero attached hydrogens (tertiary/aromatic N) is 4. The molecule has 5 heteroatoms. The van der Waals surface area contributed by atoms with Crippen LogP contribution in [0.2, 0.25) is 0 Å². The van der Waals surface area contributed by atoms with Gasteiger partial charge in [0.25, 0.3) is 0 Å². The third kappa shape index (κ3) is 1.89. The molecular formula is C13H19N5. The molecule has 0 spiro atoms. The van der Waals surface area contributed by atoms with Gasteiger partial charge in [-0.05, 0) is 18.8 Å². The Kier molecular flexibility index (Phi) is 2.61. The maximum Gasteiger partial charge on any atom is 0.133 e. The van der Waals surface area contributed by atoms with Gasteiger partial charge in [0, 0.05) is 12.6 Å². The van der Waals surface area contributed by atoms with Gasteiger partial charge < -0.3 is 14.9 Å². The molecule has 0 unspecified atom stereocenters. The second-order valence-electron chi connectivity index (χ2n) is 5.44. The van der Waals surface area contributed by atoms with Crippen molar-refractivity contribution in [3.05, 3.63) is 18.9 Å². The first-order valence-electron chi connectivity index (χ1n) is 6.49. The van der Waals surface area contributed by atoms with Gasteiger partial charge in [-0.15, -0.1) is 0 Å². The molecule has 1 fully saturated rings. The van der Waals surface area contributed by atoms with Crippen LogP contribution in [0.1, 0.15) is 32.7 Å². The van der Waals surface area contributed by atoms with E-state index in [1.807, 2.05) is 23.4 Å². The number of anilines is 1. The summed E-state index contributed by atoms with van der Waals surface area (Å²) in [5.41, 5.74) is 8.09. The third-order valence-corrected chi connectivity index (χ3v) is 3.29. The molecule has 3 rings (SSSR count). The van der Waals surface area contributed by atoms with Crippen molar-refractivity contribution in [3.8, 4) is 11.4 Å². The smallest absolute Gasteiger partial charge is 0.133 e. The third-order valence-electron chi connectivity index (χ3n) is 3.29. The van der Waals surface area contributed by atoms with E-state index in [2.05, 4.69) is 28.4 Å². The number of rotatable bonds is 4. The maximum absolute atomic E-state index is 6.19. The van der Waals surface area contributed by atoms with Gasteiger partial charge >= 0.3 is 0 Å². The molecule has 0 bridgehead atoms. The molecule has 0 aliphatic heterocycles. The number of aromatic nitrogens is 4. The Morgan fingerprint density at radius 1 is 1.39 bits per heavy atom. The summed E-state index contributed by atoms with van der Waals surface area (Å²) in [4.78, 5) is 8.69. The first kappa shape index (κ1) is 11.3. The average molecular weight is 245 g/mol. The van der Waals surface area contributed by atoms with E-state index < -0.39 is 0 Å². The van der Waals surface area contributed by atoms with Crippen LogP contribution in [0.5, 0.6) is 0 Å². The molecule has 0 amide bonds. The fourth-order valence-corrected chi connectivity index (χ4v) is 2.26. The summed E-state index contributed by atoms with van der Waals surface area (Å²) in [5, 5.41) is 0. The van der Waals surface area contributed by atoms with E-state index in [9.17, 15) is 0 Å². The Hall–Kier alpha value is -1.78. The van der Waals surface area contributed by atoms with Crippen molar-refractivity contribution in [2.75, 3.05) is 5.73 Å². The second kappa shape index (κ2) is 4.15. The van der Waals surface area contributed by atoms with E-state index >= 15 is 0 Å². The molecule has 1 aliphatic carbocycles. The molecule has 0 saturated heterocycles. The van der Waals surface area contributed by atoms with Gasteiger partial charge in [0.15, 0.2) is 0 Å². The van der Waals surface area contributed by atoms with Gasteiger partial charge in [-0.3, -0.25) is 0 Å². The number of hydrogen-bond acceptors (Lipinski definition) is 3. The predicted octanol–water partition coefficient (Wildman–Crippen LogP) is 2.32. The number of imidazole rings is 2. The Morgan fingerprint density at radius 2 is 2.17 bits per heavy atom. The van der Waals surface area contributed by atoms with Crippen LogP contribution in [-0.2, 0) is 6.54 Å². The zero-order valence-electron chi connectivity index (χ0n) is 10.9. The minimum atomic E-state index is 0.558. The minimum absolute atomic E-state index is 0.558. The zero-order valence-corrected chi connectivity index (χ0v) is 10.9. The molecule has 0 radical (unpaired) electrons. The molecule has 2 aromatic heterocycles. The molecule has 0 atom stereocenters. The van der Waals surface area contributed by atoms with Crippen LogP contribution in [0.25, 0.3) is 11.4 Å². The lowest BCUT2D eigenvalue weighted by molar-refractivity contribution is 0.527. The van der Waals surface area contributed by atoms with Crippen LogP contribution in [-0.4, -0.2) is 19.1 Å². The van der Waals surface area contributed by atoms with E-state index in [4.69, 9.17) is 5.73 Å². The SMILES string of the molecule is CC(C)Cn1cnc(-c2cncn2C2CC2)c1N. The fraction of sp³-hybridized carbons (Fsp3) is 0.538. The lowest BCUT2D eigenvalue weighted by Crippen LogP contribution is -2.07. The lowest BCUT2D eigenvalue weighted by atomic mass is 10.2. The number of nitrogen functional groups attached to an aromatic ring is 1. The molecule has 2 aromatic rings. The van der Waals surface area contributed by atoms with Gasteiger partial charge in [-0.1, -0.05) is 13.8 Å². The van der Waals surface area contributed by atoms with Crippen molar-refractivity contribution in [2.24, 2.45) is 5.92 Å². The van der Waals surface area contributed by atoms with Gasteiger partial charge in [0.1, 0.15) is 11.5 Å². The molecule has 0 aromatic carbocycles. The molecule has 1 aliphatic rings. The summed E-state index contributed by atoms with van der Waals surface area (Å²) in [7, 11) is 0. The van der Waals surface area contributed by atoms with E-state index in [-0.39, 0.29) is 0 Å². The zero-order chi connectivity index (χ0) is 12.7. The van der Waals surface area contributed by atoms with Crippen molar-refractivity contribution in [2.45, 2.75) is 39.3 Å². The van der Waals surface area contributed by atoms with Crippen LogP contribution >= 0.6 is 0 Å². The highest BCUT2D eigenvalue weighted by Gasteiger charge is 2.27. The second-order valence-corrected chi connectivity index (χ2v) is 5.44. The number of hydrogen-bond donors (Lipinski definition) is 1. The highest BCUT2D eigenvalue weighted by Crippen LogP contribution is 2.38. The highest BCUT2D eigenvalue weighted by atomic mass is 15.2. The molecule has 2 N–H and O–H groups in total. The fourth-order valence-electron chi connectivity index (χ4n) is 2.26. The standard InChI is InChI=1S/C13H19N5/c1-9(2)6-17-8-16-12(13(17)14)11-5-15-7-18(11)10-3-4-10/h5,7-10H,3-4,6,14H2,1-2H3. The van der Waals surface area contributed by atoms with Crippen LogP contribution in [0.4, 0.5) is 5.82 Å². The summed E-state index contributed by atoms with van der Waals surface area (Å²) in [6.45, 7) is 5.25. The summed E-state index contributed by atoms with van der Waals surface area (Å²) < 4.78 is 4.21. The van der Waals surface area contributed by atoms with E-state index in [1.54, 1.807) is 0 Å². The summed E-state index contributed by atoms with van der Waals surface area (Å²) >= 11 is 0. The van der Waals surface area contributed by atoms with Crippen LogP contribution in [0.3, 0.4) is 0 Å². The van der Waals surface area contributed by atoms with Crippen molar-refractivity contribution in [1.82, 2.24) is 19.1 Å². The van der Waals surface area contributed by atoms with Crippen molar-refractivity contribution < 1.29 is 0 Å². The van der Waals surface area contributed by atoms with Gasteiger partial charge in [-0.25, -0.2) is 9.97 Å². The van der Waals surface area contributed by atoms with Crippen molar-refractivity contribution in [3.63, 3.8) is 0 Å². The van der Waals surface area contributed by atoms with Crippen LogP contribution in [0.15, 0.2) is 18.9 Å². The van der Waals surface area contributed by atoms with Gasteiger partial charge in [0.05, 0.1) is 24.5 Å². The van der Waals surface area contributed by atoms with E-state index in [0.29, 0.717) is 12.0 Å².